The largest absolute Gasteiger partial charge is 0.444 e. The molecule has 2 heterocycles. The number of alkyl carbamates (subject to hydrolysis) is 1. The molecule has 0 aliphatic carbocycles. The number of aromatic nitrogens is 2. The van der Waals surface area contributed by atoms with Gasteiger partial charge in [-0.15, -0.1) is 0 Å². The number of amides is 1. The van der Waals surface area contributed by atoms with Crippen LogP contribution in [-0.4, -0.2) is 35.9 Å². The van der Waals surface area contributed by atoms with Crippen LogP contribution in [-0.2, 0) is 22.7 Å². The average Bonchev–Trinajstić information content (AvgIpc) is 2.86. The van der Waals surface area contributed by atoms with Crippen molar-refractivity contribution in [3.63, 3.8) is 0 Å². The van der Waals surface area contributed by atoms with E-state index in [2.05, 4.69) is 29.9 Å². The quantitative estimate of drug-likeness (QED) is 0.394. The van der Waals surface area contributed by atoms with E-state index in [0.29, 0.717) is 25.0 Å². The summed E-state index contributed by atoms with van der Waals surface area (Å²) in [5, 5.41) is 4.08. The van der Waals surface area contributed by atoms with Gasteiger partial charge < -0.3 is 19.4 Å². The normalized spacial score (nSPS) is 12.4. The van der Waals surface area contributed by atoms with Crippen molar-refractivity contribution in [2.75, 3.05) is 6.61 Å². The zero-order valence-electron chi connectivity index (χ0n) is 17.1. The topological polar surface area (TPSA) is 65.4 Å². The van der Waals surface area contributed by atoms with Gasteiger partial charge in [0.15, 0.2) is 0 Å². The van der Waals surface area contributed by atoms with E-state index in [1.54, 1.807) is 6.20 Å². The SMILES string of the molecule is CC(C)(C)OC(=O)NCc1cc2c(Cl)nccc2n1COCC[Si](C)(C)C. The van der Waals surface area contributed by atoms with Gasteiger partial charge in [0.1, 0.15) is 17.5 Å². The Morgan fingerprint density at radius 2 is 2.04 bits per heavy atom. The first-order chi connectivity index (χ1) is 12.5. The molecule has 1 amide bonds. The summed E-state index contributed by atoms with van der Waals surface area (Å²) in [5.74, 6) is 0. The van der Waals surface area contributed by atoms with E-state index in [-0.39, 0.29) is 0 Å². The van der Waals surface area contributed by atoms with E-state index in [9.17, 15) is 4.79 Å². The van der Waals surface area contributed by atoms with E-state index in [1.807, 2.05) is 37.5 Å². The van der Waals surface area contributed by atoms with Crippen LogP contribution in [0.2, 0.25) is 30.8 Å². The third-order valence-electron chi connectivity index (χ3n) is 3.90. The van der Waals surface area contributed by atoms with E-state index in [0.717, 1.165) is 22.6 Å². The molecular formula is C19H30ClN3O3Si. The van der Waals surface area contributed by atoms with Crippen molar-refractivity contribution < 1.29 is 14.3 Å². The zero-order chi connectivity index (χ0) is 20.2. The van der Waals surface area contributed by atoms with Gasteiger partial charge in [-0.2, -0.15) is 0 Å². The number of hydrogen-bond donors (Lipinski definition) is 1. The lowest BCUT2D eigenvalue weighted by Crippen LogP contribution is -2.32. The number of nitrogens with one attached hydrogen (secondary N) is 1. The van der Waals surface area contributed by atoms with Gasteiger partial charge in [0, 0.05) is 32.0 Å². The van der Waals surface area contributed by atoms with Gasteiger partial charge in [-0.1, -0.05) is 31.2 Å². The van der Waals surface area contributed by atoms with Crippen molar-refractivity contribution in [1.29, 1.82) is 0 Å². The van der Waals surface area contributed by atoms with Crippen LogP contribution in [0.5, 0.6) is 0 Å². The molecule has 0 atom stereocenters. The molecule has 0 aromatic carbocycles. The Morgan fingerprint density at radius 3 is 2.67 bits per heavy atom. The molecule has 0 spiro atoms. The number of halogens is 1. The fourth-order valence-corrected chi connectivity index (χ4v) is 3.48. The van der Waals surface area contributed by atoms with Crippen molar-refractivity contribution in [2.45, 2.75) is 65.3 Å². The molecule has 0 saturated heterocycles. The highest BCUT2D eigenvalue weighted by Crippen LogP contribution is 2.25. The first-order valence-electron chi connectivity index (χ1n) is 9.13. The lowest BCUT2D eigenvalue weighted by molar-refractivity contribution is 0.0518. The fraction of sp³-hybridized carbons (Fsp3) is 0.579. The summed E-state index contributed by atoms with van der Waals surface area (Å²) in [6.07, 6.45) is 1.22. The van der Waals surface area contributed by atoms with E-state index in [1.165, 1.54) is 0 Å². The molecule has 2 rings (SSSR count). The molecule has 150 valence electrons. The van der Waals surface area contributed by atoms with Gasteiger partial charge in [0.05, 0.1) is 12.1 Å². The number of pyridine rings is 1. The highest BCUT2D eigenvalue weighted by Gasteiger charge is 2.18. The fourth-order valence-electron chi connectivity index (χ4n) is 2.52. The van der Waals surface area contributed by atoms with Gasteiger partial charge in [0.2, 0.25) is 0 Å². The van der Waals surface area contributed by atoms with Crippen LogP contribution in [0.1, 0.15) is 26.5 Å². The second kappa shape index (κ2) is 8.62. The van der Waals surface area contributed by atoms with E-state index < -0.39 is 19.8 Å². The molecule has 1 N–H and O–H groups in total. The Hall–Kier alpha value is -1.57. The molecule has 8 heteroatoms. The summed E-state index contributed by atoms with van der Waals surface area (Å²) in [7, 11) is -1.15. The average molecular weight is 412 g/mol. The van der Waals surface area contributed by atoms with Crippen molar-refractivity contribution in [3.8, 4) is 0 Å². The maximum Gasteiger partial charge on any atom is 0.407 e. The highest BCUT2D eigenvalue weighted by atomic mass is 35.5. The van der Waals surface area contributed by atoms with Crippen LogP contribution in [0.3, 0.4) is 0 Å². The van der Waals surface area contributed by atoms with Crippen LogP contribution < -0.4 is 5.32 Å². The molecule has 0 radical (unpaired) electrons. The van der Waals surface area contributed by atoms with Crippen molar-refractivity contribution >= 4 is 36.7 Å². The Morgan fingerprint density at radius 1 is 1.33 bits per heavy atom. The molecule has 0 aliphatic rings. The van der Waals surface area contributed by atoms with Gasteiger partial charge in [0.25, 0.3) is 0 Å². The molecule has 0 saturated carbocycles. The smallest absolute Gasteiger partial charge is 0.407 e. The summed E-state index contributed by atoms with van der Waals surface area (Å²) in [6.45, 7) is 13.9. The first-order valence-corrected chi connectivity index (χ1v) is 13.2. The molecule has 0 bridgehead atoms. The highest BCUT2D eigenvalue weighted by molar-refractivity contribution is 6.76. The number of carbonyl (C=O) groups is 1. The number of nitrogens with zero attached hydrogens (tertiary/aromatic N) is 2. The van der Waals surface area contributed by atoms with Gasteiger partial charge in [-0.25, -0.2) is 9.78 Å². The Bertz CT molecular complexity index is 794. The third-order valence-corrected chi connectivity index (χ3v) is 5.90. The lowest BCUT2D eigenvalue weighted by Gasteiger charge is -2.20. The van der Waals surface area contributed by atoms with E-state index >= 15 is 0 Å². The summed E-state index contributed by atoms with van der Waals surface area (Å²) in [4.78, 5) is 16.1. The van der Waals surface area contributed by atoms with Crippen molar-refractivity contribution in [2.24, 2.45) is 0 Å². The summed E-state index contributed by atoms with van der Waals surface area (Å²) < 4.78 is 13.2. The number of fused-ring (bicyclic) bond motifs is 1. The maximum atomic E-state index is 12.0. The van der Waals surface area contributed by atoms with Crippen molar-refractivity contribution in [3.05, 3.63) is 29.2 Å². The maximum absolute atomic E-state index is 12.0. The Labute approximate surface area is 167 Å². The molecule has 0 aliphatic heterocycles. The lowest BCUT2D eigenvalue weighted by atomic mass is 10.2. The van der Waals surface area contributed by atoms with E-state index in [4.69, 9.17) is 21.1 Å². The van der Waals surface area contributed by atoms with Crippen LogP contribution in [0.25, 0.3) is 10.9 Å². The van der Waals surface area contributed by atoms with Gasteiger partial charge in [-0.05, 0) is 38.9 Å². The zero-order valence-corrected chi connectivity index (χ0v) is 18.8. The van der Waals surface area contributed by atoms with Crippen LogP contribution in [0.15, 0.2) is 18.3 Å². The second-order valence-electron chi connectivity index (χ2n) is 8.80. The minimum absolute atomic E-state index is 0.317. The standard InChI is InChI=1S/C19H30ClN3O3Si/c1-19(2,3)26-18(24)22-12-14-11-15-16(7-8-21-17(15)20)23(14)13-25-9-10-27(4,5)6/h7-8,11H,9-10,12-13H2,1-6H3,(H,22,24). The summed E-state index contributed by atoms with van der Waals surface area (Å²) in [6, 6.07) is 4.93. The minimum Gasteiger partial charge on any atom is -0.444 e. The first kappa shape index (κ1) is 21.7. The molecule has 6 nitrogen and oxygen atoms in total. The molecule has 27 heavy (non-hydrogen) atoms. The minimum atomic E-state index is -1.15. The summed E-state index contributed by atoms with van der Waals surface area (Å²) >= 11 is 6.24. The number of rotatable bonds is 7. The number of hydrogen-bond acceptors (Lipinski definition) is 4. The number of carbonyl (C=O) groups excluding carboxylic acids is 1. The number of ether oxygens (including phenoxy) is 2. The Kier molecular flexibility index (Phi) is 6.94. The van der Waals surface area contributed by atoms with Gasteiger partial charge in [-0.3, -0.25) is 0 Å². The van der Waals surface area contributed by atoms with Crippen LogP contribution in [0, 0.1) is 0 Å². The Balaban J connectivity index is 2.14. The molecule has 0 unspecified atom stereocenters. The predicted octanol–water partition coefficient (Wildman–Crippen LogP) is 5.03. The van der Waals surface area contributed by atoms with Gasteiger partial charge >= 0.3 is 6.09 Å². The predicted molar refractivity (Wildman–Crippen MR) is 112 cm³/mol. The molecule has 0 fully saturated rings. The van der Waals surface area contributed by atoms with Crippen molar-refractivity contribution in [1.82, 2.24) is 14.9 Å². The van der Waals surface area contributed by atoms with Crippen LogP contribution >= 0.6 is 11.6 Å². The molecule has 2 aromatic rings. The monoisotopic (exact) mass is 411 g/mol. The second-order valence-corrected chi connectivity index (χ2v) is 14.8. The molecule has 2 aromatic heterocycles. The third kappa shape index (κ3) is 6.83. The summed E-state index contributed by atoms with van der Waals surface area (Å²) in [5.41, 5.74) is 1.28. The molecular weight excluding hydrogens is 382 g/mol. The van der Waals surface area contributed by atoms with Crippen LogP contribution in [0.4, 0.5) is 4.79 Å².